The molecule has 0 radical (unpaired) electrons. The fraction of sp³-hybridized carbons (Fsp3) is 0.308. The van der Waals surface area contributed by atoms with Gasteiger partial charge in [-0.25, -0.2) is 4.98 Å². The third-order valence-corrected chi connectivity index (χ3v) is 4.07. The lowest BCUT2D eigenvalue weighted by molar-refractivity contribution is 0.590. The smallest absolute Gasteiger partial charge is 0.172 e. The van der Waals surface area contributed by atoms with Gasteiger partial charge in [-0.15, -0.1) is 0 Å². The summed E-state index contributed by atoms with van der Waals surface area (Å²) in [6.45, 7) is 6.59. The van der Waals surface area contributed by atoms with Crippen LogP contribution >= 0.6 is 35.0 Å². The van der Waals surface area contributed by atoms with E-state index in [-0.39, 0.29) is 5.41 Å². The molecule has 0 spiro atoms. The number of aromatic amines is 1. The fourth-order valence-corrected chi connectivity index (χ4v) is 2.65. The van der Waals surface area contributed by atoms with Crippen molar-refractivity contribution >= 4 is 35.0 Å². The second kappa shape index (κ2) is 5.16. The normalized spacial score (nSPS) is 11.8. The number of aromatic nitrogens is 2. The molecule has 0 saturated heterocycles. The molecule has 1 aromatic heterocycles. The van der Waals surface area contributed by atoms with Gasteiger partial charge in [-0.2, -0.15) is 0 Å². The number of imidazole rings is 1. The van der Waals surface area contributed by atoms with Crippen molar-refractivity contribution in [2.75, 3.05) is 0 Å². The van der Waals surface area contributed by atoms with E-state index in [1.54, 1.807) is 0 Å². The van der Waals surface area contributed by atoms with Crippen molar-refractivity contribution < 1.29 is 0 Å². The molecule has 0 fully saturated rings. The van der Waals surface area contributed by atoms with Crippen LogP contribution in [0.3, 0.4) is 0 Å². The van der Waals surface area contributed by atoms with Crippen LogP contribution in [0.5, 0.6) is 0 Å². The molecule has 0 aliphatic rings. The van der Waals surface area contributed by atoms with Crippen LogP contribution in [0, 0.1) is 0 Å². The van der Waals surface area contributed by atoms with Crippen molar-refractivity contribution in [2.24, 2.45) is 0 Å². The Morgan fingerprint density at radius 2 is 1.72 bits per heavy atom. The van der Waals surface area contributed by atoms with Crippen LogP contribution < -0.4 is 0 Å². The molecule has 0 aliphatic heterocycles. The van der Waals surface area contributed by atoms with Crippen LogP contribution in [0.25, 0.3) is 0 Å². The van der Waals surface area contributed by atoms with Crippen LogP contribution in [-0.2, 0) is 5.41 Å². The largest absolute Gasteiger partial charge is 0.322 e. The SMILES string of the molecule is CC(C)(C)c1ccc(Sc2nc(Cl)c(Cl)[nH]2)cc1. The van der Waals surface area contributed by atoms with Gasteiger partial charge in [0.1, 0.15) is 5.15 Å². The molecule has 0 aliphatic carbocycles. The van der Waals surface area contributed by atoms with Crippen molar-refractivity contribution in [3.63, 3.8) is 0 Å². The lowest BCUT2D eigenvalue weighted by Crippen LogP contribution is -2.10. The highest BCUT2D eigenvalue weighted by atomic mass is 35.5. The molecule has 2 rings (SSSR count). The van der Waals surface area contributed by atoms with Crippen molar-refractivity contribution in [3.05, 3.63) is 40.1 Å². The molecule has 1 aromatic carbocycles. The van der Waals surface area contributed by atoms with Gasteiger partial charge in [0.25, 0.3) is 0 Å². The molecular formula is C13H14Cl2N2S. The van der Waals surface area contributed by atoms with Crippen molar-refractivity contribution in [3.8, 4) is 0 Å². The van der Waals surface area contributed by atoms with Gasteiger partial charge in [0.2, 0.25) is 0 Å². The minimum atomic E-state index is 0.167. The molecule has 96 valence electrons. The first-order valence-corrected chi connectivity index (χ1v) is 7.13. The molecule has 2 aromatic rings. The van der Waals surface area contributed by atoms with E-state index in [2.05, 4.69) is 55.0 Å². The van der Waals surface area contributed by atoms with Crippen LogP contribution in [-0.4, -0.2) is 9.97 Å². The van der Waals surface area contributed by atoms with Crippen LogP contribution in [0.2, 0.25) is 10.3 Å². The van der Waals surface area contributed by atoms with Gasteiger partial charge < -0.3 is 4.98 Å². The van der Waals surface area contributed by atoms with Crippen LogP contribution in [0.4, 0.5) is 0 Å². The number of nitrogens with zero attached hydrogens (tertiary/aromatic N) is 1. The van der Waals surface area contributed by atoms with E-state index in [1.807, 2.05) is 0 Å². The monoisotopic (exact) mass is 300 g/mol. The average molecular weight is 301 g/mol. The predicted octanol–water partition coefficient (Wildman–Crippen LogP) is 5.17. The number of nitrogens with one attached hydrogen (secondary N) is 1. The maximum Gasteiger partial charge on any atom is 0.172 e. The lowest BCUT2D eigenvalue weighted by atomic mass is 9.87. The van der Waals surface area contributed by atoms with Crippen molar-refractivity contribution in [1.82, 2.24) is 9.97 Å². The Bertz CT molecular complexity index is 522. The quantitative estimate of drug-likeness (QED) is 0.829. The first-order valence-electron chi connectivity index (χ1n) is 5.55. The Balaban J connectivity index is 2.16. The van der Waals surface area contributed by atoms with Crippen LogP contribution in [0.15, 0.2) is 34.3 Å². The molecular weight excluding hydrogens is 287 g/mol. The predicted molar refractivity (Wildman–Crippen MR) is 77.9 cm³/mol. The summed E-state index contributed by atoms with van der Waals surface area (Å²) in [6.07, 6.45) is 0. The van der Waals surface area contributed by atoms with E-state index in [0.717, 1.165) is 4.90 Å². The van der Waals surface area contributed by atoms with Crippen molar-refractivity contribution in [2.45, 2.75) is 36.2 Å². The summed E-state index contributed by atoms with van der Waals surface area (Å²) in [7, 11) is 0. The lowest BCUT2D eigenvalue weighted by Gasteiger charge is -2.18. The summed E-state index contributed by atoms with van der Waals surface area (Å²) in [5.74, 6) is 0. The Morgan fingerprint density at radius 1 is 1.11 bits per heavy atom. The minimum Gasteiger partial charge on any atom is -0.322 e. The molecule has 0 atom stereocenters. The number of hydrogen-bond donors (Lipinski definition) is 1. The fourth-order valence-electron chi connectivity index (χ4n) is 1.49. The first kappa shape index (κ1) is 13.8. The highest BCUT2D eigenvalue weighted by molar-refractivity contribution is 7.99. The maximum absolute atomic E-state index is 5.82. The van der Waals surface area contributed by atoms with Gasteiger partial charge in [0.05, 0.1) is 0 Å². The Hall–Kier alpha value is -0.640. The molecule has 2 nitrogen and oxygen atoms in total. The van der Waals surface area contributed by atoms with Gasteiger partial charge >= 0.3 is 0 Å². The summed E-state index contributed by atoms with van der Waals surface area (Å²) in [6, 6.07) is 8.42. The zero-order chi connectivity index (χ0) is 13.3. The molecule has 0 saturated carbocycles. The van der Waals surface area contributed by atoms with Gasteiger partial charge in [-0.05, 0) is 23.1 Å². The third-order valence-electron chi connectivity index (χ3n) is 2.53. The number of H-pyrrole nitrogens is 1. The minimum absolute atomic E-state index is 0.167. The summed E-state index contributed by atoms with van der Waals surface area (Å²) < 4.78 is 0. The van der Waals surface area contributed by atoms with Crippen LogP contribution in [0.1, 0.15) is 26.3 Å². The number of benzene rings is 1. The van der Waals surface area contributed by atoms with Gasteiger partial charge in [-0.1, -0.05) is 67.9 Å². The molecule has 0 amide bonds. The van der Waals surface area contributed by atoms with Crippen molar-refractivity contribution in [1.29, 1.82) is 0 Å². The zero-order valence-corrected chi connectivity index (χ0v) is 12.7. The summed E-state index contributed by atoms with van der Waals surface area (Å²) >= 11 is 13.1. The average Bonchev–Trinajstić information content (AvgIpc) is 2.57. The zero-order valence-electron chi connectivity index (χ0n) is 10.4. The van der Waals surface area contributed by atoms with Gasteiger partial charge in [0, 0.05) is 4.90 Å². The summed E-state index contributed by atoms with van der Waals surface area (Å²) in [4.78, 5) is 8.14. The molecule has 1 heterocycles. The highest BCUT2D eigenvalue weighted by Crippen LogP contribution is 2.31. The van der Waals surface area contributed by atoms with Gasteiger partial charge in [-0.3, -0.25) is 0 Å². The van der Waals surface area contributed by atoms with E-state index in [4.69, 9.17) is 23.2 Å². The maximum atomic E-state index is 5.82. The highest BCUT2D eigenvalue weighted by Gasteiger charge is 2.13. The molecule has 18 heavy (non-hydrogen) atoms. The standard InChI is InChI=1S/C13H14Cl2N2S/c1-13(2,3)8-4-6-9(7-5-8)18-12-16-10(14)11(15)17-12/h4-7H,1-3H3,(H,16,17). The third kappa shape index (κ3) is 3.22. The first-order chi connectivity index (χ1) is 8.36. The van der Waals surface area contributed by atoms with Gasteiger partial charge in [0.15, 0.2) is 10.3 Å². The van der Waals surface area contributed by atoms with E-state index in [9.17, 15) is 0 Å². The molecule has 5 heteroatoms. The molecule has 1 N–H and O–H groups in total. The number of rotatable bonds is 2. The number of halogens is 2. The Kier molecular flexibility index (Phi) is 3.95. The Morgan fingerprint density at radius 3 is 2.17 bits per heavy atom. The number of hydrogen-bond acceptors (Lipinski definition) is 2. The van der Waals surface area contributed by atoms with E-state index in [0.29, 0.717) is 15.5 Å². The topological polar surface area (TPSA) is 28.7 Å². The van der Waals surface area contributed by atoms with E-state index in [1.165, 1.54) is 17.3 Å². The Labute approximate surface area is 121 Å². The van der Waals surface area contributed by atoms with E-state index >= 15 is 0 Å². The summed E-state index contributed by atoms with van der Waals surface area (Å²) in [5.41, 5.74) is 1.47. The molecule has 0 bridgehead atoms. The summed E-state index contributed by atoms with van der Waals surface area (Å²) in [5, 5.41) is 1.39. The van der Waals surface area contributed by atoms with E-state index < -0.39 is 0 Å². The molecule has 0 unspecified atom stereocenters. The second-order valence-corrected chi connectivity index (χ2v) is 6.82. The second-order valence-electron chi connectivity index (χ2n) is 5.02.